The first-order valence-corrected chi connectivity index (χ1v) is 8.66. The van der Waals surface area contributed by atoms with E-state index in [2.05, 4.69) is 27.9 Å². The monoisotopic (exact) mass is 299 g/mol. The second kappa shape index (κ2) is 5.65. The Balaban J connectivity index is 1.44. The maximum atomic E-state index is 13.0. The van der Waals surface area contributed by atoms with Gasteiger partial charge in [-0.25, -0.2) is 0 Å². The fourth-order valence-electron chi connectivity index (χ4n) is 4.53. The van der Waals surface area contributed by atoms with Gasteiger partial charge in [-0.05, 0) is 63.2 Å². The third-order valence-electron chi connectivity index (χ3n) is 5.82. The van der Waals surface area contributed by atoms with Gasteiger partial charge < -0.3 is 9.80 Å². The number of carbonyl (C=O) groups excluding carboxylic acids is 1. The maximum absolute atomic E-state index is 13.0. The highest BCUT2D eigenvalue weighted by atomic mass is 16.2. The van der Waals surface area contributed by atoms with Crippen molar-refractivity contribution in [3.8, 4) is 0 Å². The van der Waals surface area contributed by atoms with Crippen molar-refractivity contribution in [3.05, 3.63) is 30.1 Å². The lowest BCUT2D eigenvalue weighted by Gasteiger charge is -2.33. The second-order valence-corrected chi connectivity index (χ2v) is 7.17. The van der Waals surface area contributed by atoms with Gasteiger partial charge in [0, 0.05) is 36.9 Å². The van der Waals surface area contributed by atoms with Crippen molar-refractivity contribution in [1.29, 1.82) is 0 Å². The number of amides is 1. The molecule has 118 valence electrons. The fraction of sp³-hybridized carbons (Fsp3) is 0.667. The van der Waals surface area contributed by atoms with E-state index in [4.69, 9.17) is 0 Å². The lowest BCUT2D eigenvalue weighted by molar-refractivity contribution is -0.134. The zero-order valence-electron chi connectivity index (χ0n) is 13.3. The van der Waals surface area contributed by atoms with Crippen LogP contribution < -0.4 is 0 Å². The van der Waals surface area contributed by atoms with Crippen molar-refractivity contribution in [3.63, 3.8) is 0 Å². The Hall–Kier alpha value is -1.42. The summed E-state index contributed by atoms with van der Waals surface area (Å²) in [6.07, 6.45) is 9.62. The van der Waals surface area contributed by atoms with E-state index in [1.165, 1.54) is 37.8 Å². The molecule has 3 aliphatic rings. The minimum Gasteiger partial charge on any atom is -0.338 e. The number of likely N-dealkylation sites (N-methyl/N-ethyl adjacent to an activating group) is 1. The lowest BCUT2D eigenvalue weighted by Crippen LogP contribution is -2.47. The number of hydrogen-bond donors (Lipinski definition) is 0. The third-order valence-corrected chi connectivity index (χ3v) is 5.82. The summed E-state index contributed by atoms with van der Waals surface area (Å²) < 4.78 is 0. The highest BCUT2D eigenvalue weighted by molar-refractivity contribution is 5.83. The van der Waals surface area contributed by atoms with Gasteiger partial charge in [0.25, 0.3) is 0 Å². The molecule has 0 spiro atoms. The topological polar surface area (TPSA) is 36.4 Å². The normalized spacial score (nSPS) is 35.0. The first-order valence-electron chi connectivity index (χ1n) is 8.66. The number of nitrogens with zero attached hydrogens (tertiary/aromatic N) is 3. The third kappa shape index (κ3) is 2.43. The molecule has 4 nitrogen and oxygen atoms in total. The summed E-state index contributed by atoms with van der Waals surface area (Å²) in [7, 11) is 2.22. The molecular formula is C18H25N3O. The minimum absolute atomic E-state index is 0.205. The Labute approximate surface area is 132 Å². The molecule has 1 aromatic rings. The summed E-state index contributed by atoms with van der Waals surface area (Å²) in [5.41, 5.74) is 1.23. The zero-order chi connectivity index (χ0) is 15.1. The van der Waals surface area contributed by atoms with Gasteiger partial charge in [0.2, 0.25) is 5.91 Å². The summed E-state index contributed by atoms with van der Waals surface area (Å²) >= 11 is 0. The first kappa shape index (κ1) is 14.2. The summed E-state index contributed by atoms with van der Waals surface area (Å²) in [4.78, 5) is 21.8. The quantitative estimate of drug-likeness (QED) is 0.859. The molecule has 4 atom stereocenters. The molecule has 22 heavy (non-hydrogen) atoms. The van der Waals surface area contributed by atoms with Crippen molar-refractivity contribution in [2.24, 2.45) is 5.92 Å². The number of pyridine rings is 1. The molecule has 4 heteroatoms. The number of aromatic nitrogens is 1. The molecule has 0 bridgehead atoms. The van der Waals surface area contributed by atoms with Crippen LogP contribution in [-0.2, 0) is 4.79 Å². The molecule has 0 aromatic carbocycles. The summed E-state index contributed by atoms with van der Waals surface area (Å²) in [6.45, 7) is 2.15. The van der Waals surface area contributed by atoms with Crippen LogP contribution in [0.2, 0.25) is 0 Å². The molecule has 1 aliphatic carbocycles. The molecule has 1 aromatic heterocycles. The Morgan fingerprint density at radius 3 is 2.77 bits per heavy atom. The van der Waals surface area contributed by atoms with E-state index >= 15 is 0 Å². The van der Waals surface area contributed by atoms with Crippen molar-refractivity contribution in [1.82, 2.24) is 14.8 Å². The number of carbonyl (C=O) groups is 1. The van der Waals surface area contributed by atoms with Crippen LogP contribution in [0.3, 0.4) is 0 Å². The van der Waals surface area contributed by atoms with E-state index in [1.54, 1.807) is 6.20 Å². The first-order chi connectivity index (χ1) is 10.8. The van der Waals surface area contributed by atoms with E-state index in [-0.39, 0.29) is 5.92 Å². The van der Waals surface area contributed by atoms with Gasteiger partial charge in [-0.3, -0.25) is 9.78 Å². The van der Waals surface area contributed by atoms with Crippen molar-refractivity contribution < 1.29 is 4.79 Å². The standard InChI is InChI=1S/C18H25N3O/c1-20-9-3-6-16(20)17-7-4-10-21(17)18(22)15-11-14(15)13-5-2-8-19-12-13/h2,5,8,12,14-17H,3-4,6-7,9-11H2,1H3/t14-,15+,16-,17+/m1/s1. The summed E-state index contributed by atoms with van der Waals surface area (Å²) in [6, 6.07) is 5.12. The van der Waals surface area contributed by atoms with Crippen LogP contribution in [0.5, 0.6) is 0 Å². The summed E-state index contributed by atoms with van der Waals surface area (Å²) in [5.74, 6) is 1.01. The number of rotatable bonds is 3. The molecule has 3 fully saturated rings. The van der Waals surface area contributed by atoms with Gasteiger partial charge in [-0.2, -0.15) is 0 Å². The zero-order valence-corrected chi connectivity index (χ0v) is 13.3. The summed E-state index contributed by atoms with van der Waals surface area (Å²) in [5, 5.41) is 0. The molecule has 2 aliphatic heterocycles. The molecular weight excluding hydrogens is 274 g/mol. The van der Waals surface area contributed by atoms with Gasteiger partial charge >= 0.3 is 0 Å². The SMILES string of the molecule is CN1CCC[C@@H]1[C@@H]1CCCN1C(=O)[C@H]1C[C@@H]1c1cccnc1. The minimum atomic E-state index is 0.205. The van der Waals surface area contributed by atoms with Gasteiger partial charge in [0.1, 0.15) is 0 Å². The van der Waals surface area contributed by atoms with Crippen LogP contribution in [0.1, 0.15) is 43.6 Å². The van der Waals surface area contributed by atoms with Crippen LogP contribution >= 0.6 is 0 Å². The molecule has 1 amide bonds. The largest absolute Gasteiger partial charge is 0.338 e. The van der Waals surface area contributed by atoms with Gasteiger partial charge in [-0.15, -0.1) is 0 Å². The van der Waals surface area contributed by atoms with E-state index in [1.807, 2.05) is 12.3 Å². The molecule has 0 unspecified atom stereocenters. The fourth-order valence-corrected chi connectivity index (χ4v) is 4.53. The van der Waals surface area contributed by atoms with E-state index < -0.39 is 0 Å². The molecule has 2 saturated heterocycles. The van der Waals surface area contributed by atoms with E-state index in [0.717, 1.165) is 13.0 Å². The van der Waals surface area contributed by atoms with E-state index in [9.17, 15) is 4.79 Å². The van der Waals surface area contributed by atoms with Crippen LogP contribution in [0.4, 0.5) is 0 Å². The Bertz CT molecular complexity index is 547. The smallest absolute Gasteiger partial charge is 0.226 e. The lowest BCUT2D eigenvalue weighted by atomic mass is 10.0. The highest BCUT2D eigenvalue weighted by Crippen LogP contribution is 2.49. The van der Waals surface area contributed by atoms with Crippen molar-refractivity contribution in [2.75, 3.05) is 20.1 Å². The van der Waals surface area contributed by atoms with Crippen LogP contribution in [0, 0.1) is 5.92 Å². The highest BCUT2D eigenvalue weighted by Gasteiger charge is 2.49. The average Bonchev–Trinajstić information content (AvgIpc) is 3.00. The van der Waals surface area contributed by atoms with E-state index in [0.29, 0.717) is 23.9 Å². The Morgan fingerprint density at radius 1 is 1.23 bits per heavy atom. The number of hydrogen-bond acceptors (Lipinski definition) is 3. The van der Waals surface area contributed by atoms with Gasteiger partial charge in [-0.1, -0.05) is 6.07 Å². The maximum Gasteiger partial charge on any atom is 0.226 e. The molecule has 3 heterocycles. The molecule has 4 rings (SSSR count). The van der Waals surface area contributed by atoms with Crippen LogP contribution in [0.25, 0.3) is 0 Å². The Kier molecular flexibility index (Phi) is 3.65. The molecule has 0 radical (unpaired) electrons. The van der Waals surface area contributed by atoms with Crippen LogP contribution in [-0.4, -0.2) is 52.9 Å². The second-order valence-electron chi connectivity index (χ2n) is 7.17. The molecule has 1 saturated carbocycles. The predicted octanol–water partition coefficient (Wildman–Crippen LogP) is 2.27. The average molecular weight is 299 g/mol. The van der Waals surface area contributed by atoms with Crippen LogP contribution in [0.15, 0.2) is 24.5 Å². The van der Waals surface area contributed by atoms with Gasteiger partial charge in [0.05, 0.1) is 0 Å². The van der Waals surface area contributed by atoms with Crippen molar-refractivity contribution >= 4 is 5.91 Å². The van der Waals surface area contributed by atoms with Crippen molar-refractivity contribution in [2.45, 2.75) is 50.1 Å². The van der Waals surface area contributed by atoms with Gasteiger partial charge in [0.15, 0.2) is 0 Å². The number of likely N-dealkylation sites (tertiary alicyclic amines) is 2. The predicted molar refractivity (Wildman–Crippen MR) is 85.5 cm³/mol. The Morgan fingerprint density at radius 2 is 2.05 bits per heavy atom. The molecule has 0 N–H and O–H groups in total.